The van der Waals surface area contributed by atoms with Crippen molar-refractivity contribution in [3.8, 4) is 0 Å². The third-order valence-corrected chi connectivity index (χ3v) is 4.63. The van der Waals surface area contributed by atoms with Gasteiger partial charge in [-0.15, -0.1) is 0 Å². The molecular formula is C20H18F3NO2. The zero-order chi connectivity index (χ0) is 19.1. The van der Waals surface area contributed by atoms with Crippen molar-refractivity contribution in [2.45, 2.75) is 32.9 Å². The van der Waals surface area contributed by atoms with Crippen LogP contribution in [0.4, 0.5) is 13.2 Å². The lowest BCUT2D eigenvalue weighted by Gasteiger charge is -2.20. The van der Waals surface area contributed by atoms with Crippen LogP contribution < -0.4 is 0 Å². The lowest BCUT2D eigenvalue weighted by molar-refractivity contribution is -0.146. The van der Waals surface area contributed by atoms with Gasteiger partial charge in [0, 0.05) is 12.4 Å². The largest absolute Gasteiger partial charge is 0.481 e. The number of hydrogen-bond acceptors (Lipinski definition) is 2. The van der Waals surface area contributed by atoms with Crippen LogP contribution in [-0.2, 0) is 23.8 Å². The summed E-state index contributed by atoms with van der Waals surface area (Å²) in [5.74, 6) is -0.915. The molecule has 0 fully saturated rings. The van der Waals surface area contributed by atoms with Crippen LogP contribution in [0.1, 0.15) is 41.7 Å². The molecule has 0 saturated heterocycles. The summed E-state index contributed by atoms with van der Waals surface area (Å²) in [6, 6.07) is 6.88. The smallest absolute Gasteiger partial charge is 0.418 e. The molecule has 0 saturated carbocycles. The van der Waals surface area contributed by atoms with Gasteiger partial charge in [0.15, 0.2) is 0 Å². The Bertz CT molecular complexity index is 898. The Morgan fingerprint density at radius 1 is 1.19 bits per heavy atom. The molecule has 0 atom stereocenters. The normalized spacial score (nSPS) is 14.1. The van der Waals surface area contributed by atoms with Gasteiger partial charge in [0.05, 0.1) is 11.0 Å². The van der Waals surface area contributed by atoms with Gasteiger partial charge in [-0.05, 0) is 60.6 Å². The molecule has 6 heteroatoms. The molecule has 1 N–H and O–H groups in total. The first-order valence-electron chi connectivity index (χ1n) is 8.17. The van der Waals surface area contributed by atoms with Crippen molar-refractivity contribution in [1.29, 1.82) is 0 Å². The summed E-state index contributed by atoms with van der Waals surface area (Å²) < 4.78 is 40.0. The van der Waals surface area contributed by atoms with Gasteiger partial charge in [0.25, 0.3) is 0 Å². The minimum Gasteiger partial charge on any atom is -0.481 e. The van der Waals surface area contributed by atoms with Crippen LogP contribution in [0.5, 0.6) is 0 Å². The number of alkyl halides is 3. The Morgan fingerprint density at radius 3 is 2.58 bits per heavy atom. The van der Waals surface area contributed by atoms with E-state index in [0.29, 0.717) is 18.4 Å². The van der Waals surface area contributed by atoms with Crippen LogP contribution in [0.3, 0.4) is 0 Å². The average molecular weight is 361 g/mol. The molecule has 3 nitrogen and oxygen atoms in total. The number of fused-ring (bicyclic) bond motifs is 1. The van der Waals surface area contributed by atoms with E-state index in [-0.39, 0.29) is 5.56 Å². The number of carbonyl (C=O) groups is 1. The maximum absolute atomic E-state index is 13.3. The number of aliphatic carboxylic acids is 1. The molecule has 0 unspecified atom stereocenters. The van der Waals surface area contributed by atoms with Crippen molar-refractivity contribution < 1.29 is 23.1 Å². The van der Waals surface area contributed by atoms with Gasteiger partial charge in [0.2, 0.25) is 0 Å². The zero-order valence-electron chi connectivity index (χ0n) is 14.4. The Kier molecular flexibility index (Phi) is 4.38. The number of carboxylic acid groups (broad SMARTS) is 1. The number of benzene rings is 1. The molecule has 1 heterocycles. The molecule has 1 aliphatic rings. The summed E-state index contributed by atoms with van der Waals surface area (Å²) in [6.45, 7) is 3.26. The van der Waals surface area contributed by atoms with Crippen LogP contribution in [0.15, 0.2) is 42.7 Å². The minimum absolute atomic E-state index is 0.0981. The molecule has 1 aromatic carbocycles. The minimum atomic E-state index is -4.49. The van der Waals surface area contributed by atoms with Gasteiger partial charge in [0.1, 0.15) is 0 Å². The van der Waals surface area contributed by atoms with Crippen LogP contribution in [-0.4, -0.2) is 16.1 Å². The third-order valence-electron chi connectivity index (χ3n) is 4.63. The quantitative estimate of drug-likeness (QED) is 0.856. The van der Waals surface area contributed by atoms with Crippen LogP contribution in [0, 0.1) is 5.41 Å². The highest BCUT2D eigenvalue weighted by Crippen LogP contribution is 2.40. The predicted octanol–water partition coefficient (Wildman–Crippen LogP) is 4.74. The van der Waals surface area contributed by atoms with Crippen molar-refractivity contribution in [3.05, 3.63) is 70.6 Å². The predicted molar refractivity (Wildman–Crippen MR) is 91.6 cm³/mol. The van der Waals surface area contributed by atoms with Gasteiger partial charge >= 0.3 is 12.1 Å². The lowest BCUT2D eigenvalue weighted by atomic mass is 9.84. The van der Waals surface area contributed by atoms with Crippen LogP contribution in [0.25, 0.3) is 5.57 Å². The van der Waals surface area contributed by atoms with E-state index in [9.17, 15) is 23.1 Å². The highest BCUT2D eigenvalue weighted by atomic mass is 19.4. The zero-order valence-corrected chi connectivity index (χ0v) is 14.4. The van der Waals surface area contributed by atoms with E-state index >= 15 is 0 Å². The van der Waals surface area contributed by atoms with E-state index in [1.807, 2.05) is 12.1 Å². The molecule has 1 aromatic heterocycles. The Balaban J connectivity index is 2.03. The number of carboxylic acids is 1. The fraction of sp³-hybridized carbons (Fsp3) is 0.300. The van der Waals surface area contributed by atoms with Crippen molar-refractivity contribution in [2.24, 2.45) is 5.41 Å². The fourth-order valence-corrected chi connectivity index (χ4v) is 3.18. The second-order valence-electron chi connectivity index (χ2n) is 7.10. The van der Waals surface area contributed by atoms with Crippen molar-refractivity contribution >= 4 is 11.5 Å². The topological polar surface area (TPSA) is 50.2 Å². The summed E-state index contributed by atoms with van der Waals surface area (Å²) in [5, 5.41) is 9.31. The summed E-state index contributed by atoms with van der Waals surface area (Å²) >= 11 is 0. The van der Waals surface area contributed by atoms with E-state index in [0.717, 1.165) is 22.9 Å². The number of aromatic nitrogens is 1. The van der Waals surface area contributed by atoms with Crippen molar-refractivity contribution in [3.63, 3.8) is 0 Å². The molecule has 0 bridgehead atoms. The summed E-state index contributed by atoms with van der Waals surface area (Å²) in [7, 11) is 0. The molecule has 0 aliphatic heterocycles. The first-order chi connectivity index (χ1) is 12.1. The van der Waals surface area contributed by atoms with Gasteiger partial charge in [-0.2, -0.15) is 13.2 Å². The maximum Gasteiger partial charge on any atom is 0.418 e. The summed E-state index contributed by atoms with van der Waals surface area (Å²) in [4.78, 5) is 15.0. The first-order valence-corrected chi connectivity index (χ1v) is 8.17. The first kappa shape index (κ1) is 18.2. The van der Waals surface area contributed by atoms with E-state index in [1.54, 1.807) is 26.0 Å². The molecule has 0 amide bonds. The third kappa shape index (κ3) is 3.36. The highest BCUT2D eigenvalue weighted by Gasteiger charge is 2.35. The lowest BCUT2D eigenvalue weighted by Crippen LogP contribution is -2.26. The second kappa shape index (κ2) is 6.27. The molecular weight excluding hydrogens is 343 g/mol. The molecule has 2 aromatic rings. The molecule has 136 valence electrons. The van der Waals surface area contributed by atoms with Crippen molar-refractivity contribution in [2.75, 3.05) is 0 Å². The molecule has 1 aliphatic carbocycles. The maximum atomic E-state index is 13.3. The summed E-state index contributed by atoms with van der Waals surface area (Å²) in [6.07, 6.45) is 0.321. The van der Waals surface area contributed by atoms with Crippen LogP contribution >= 0.6 is 0 Å². The highest BCUT2D eigenvalue weighted by molar-refractivity contribution is 5.86. The molecule has 0 spiro atoms. The monoisotopic (exact) mass is 361 g/mol. The van der Waals surface area contributed by atoms with Gasteiger partial charge < -0.3 is 5.11 Å². The van der Waals surface area contributed by atoms with Crippen LogP contribution in [0.2, 0.25) is 0 Å². The number of halogens is 3. The van der Waals surface area contributed by atoms with E-state index in [4.69, 9.17) is 0 Å². The summed E-state index contributed by atoms with van der Waals surface area (Å²) in [5.41, 5.74) is 1.33. The number of nitrogens with zero attached hydrogens (tertiary/aromatic N) is 1. The van der Waals surface area contributed by atoms with E-state index in [2.05, 4.69) is 4.98 Å². The number of rotatable bonds is 4. The number of pyridine rings is 1. The molecule has 26 heavy (non-hydrogen) atoms. The van der Waals surface area contributed by atoms with Crippen molar-refractivity contribution in [1.82, 2.24) is 4.98 Å². The number of allylic oxidation sites excluding steroid dienone is 1. The Hall–Kier alpha value is -2.63. The SMILES string of the molecule is CC(C)(Cc1ccc2c(c1)C(c1ccncc1C(F)(F)F)=CC2)C(=O)O. The standard InChI is InChI=1S/C20H18F3NO2/c1-19(2,18(25)26)10-12-3-4-13-5-6-14(16(13)9-12)15-7-8-24-11-17(15)20(21,22)23/h3-4,6-9,11H,5,10H2,1-2H3,(H,25,26). The van der Waals surface area contributed by atoms with Gasteiger partial charge in [-0.3, -0.25) is 9.78 Å². The molecule has 3 rings (SSSR count). The average Bonchev–Trinajstić information content (AvgIpc) is 2.96. The fourth-order valence-electron chi connectivity index (χ4n) is 3.18. The van der Waals surface area contributed by atoms with Gasteiger partial charge in [-0.25, -0.2) is 0 Å². The second-order valence-corrected chi connectivity index (χ2v) is 7.10. The van der Waals surface area contributed by atoms with E-state index in [1.165, 1.54) is 12.3 Å². The Morgan fingerprint density at radius 2 is 1.92 bits per heavy atom. The van der Waals surface area contributed by atoms with Gasteiger partial charge in [-0.1, -0.05) is 24.3 Å². The Labute approximate surface area is 149 Å². The molecule has 0 radical (unpaired) electrons. The van der Waals surface area contributed by atoms with E-state index < -0.39 is 23.1 Å². The number of hydrogen-bond donors (Lipinski definition) is 1.